The Bertz CT molecular complexity index is 1260. The summed E-state index contributed by atoms with van der Waals surface area (Å²) in [5, 5.41) is 9.32. The highest BCUT2D eigenvalue weighted by Crippen LogP contribution is 2.29. The van der Waals surface area contributed by atoms with Gasteiger partial charge in [-0.15, -0.1) is 10.2 Å². The van der Waals surface area contributed by atoms with Crippen molar-refractivity contribution in [2.45, 2.75) is 23.8 Å². The Labute approximate surface area is 171 Å². The first-order valence-electron chi connectivity index (χ1n) is 9.23. The number of carbonyl (C=O) groups excluding carboxylic acids is 1. The molecule has 0 aliphatic carbocycles. The molecule has 0 spiro atoms. The standard InChI is InChI=1S/C21H20N4O3S/c1-4-17(18(26)13-9-11-14(28-3)12-10-13)29-21-23-22-20-24(2)19(27)15-7-5-6-8-16(15)25(20)21/h5-12,17H,4H2,1-3H3. The minimum absolute atomic E-state index is 0.0195. The van der Waals surface area contributed by atoms with Crippen LogP contribution in [0.1, 0.15) is 23.7 Å². The minimum Gasteiger partial charge on any atom is -0.497 e. The summed E-state index contributed by atoms with van der Waals surface area (Å²) in [6.45, 7) is 1.97. The van der Waals surface area contributed by atoms with Crippen LogP contribution >= 0.6 is 11.8 Å². The summed E-state index contributed by atoms with van der Waals surface area (Å²) in [6.07, 6.45) is 0.633. The van der Waals surface area contributed by atoms with Gasteiger partial charge in [0.05, 0.1) is 23.3 Å². The van der Waals surface area contributed by atoms with Gasteiger partial charge in [0.15, 0.2) is 10.9 Å². The Morgan fingerprint density at radius 3 is 2.55 bits per heavy atom. The molecule has 0 fully saturated rings. The smallest absolute Gasteiger partial charge is 0.262 e. The normalized spacial score (nSPS) is 12.4. The van der Waals surface area contributed by atoms with Crippen LogP contribution in [0, 0.1) is 0 Å². The van der Waals surface area contributed by atoms with Crippen molar-refractivity contribution >= 4 is 34.2 Å². The number of ether oxygens (including phenoxy) is 1. The number of para-hydroxylation sites is 1. The molecule has 0 saturated carbocycles. The maximum Gasteiger partial charge on any atom is 0.262 e. The van der Waals surface area contributed by atoms with Crippen LogP contribution in [0.5, 0.6) is 5.75 Å². The van der Waals surface area contributed by atoms with Gasteiger partial charge < -0.3 is 4.74 Å². The molecule has 1 unspecified atom stereocenters. The van der Waals surface area contributed by atoms with E-state index in [-0.39, 0.29) is 16.6 Å². The fraction of sp³-hybridized carbons (Fsp3) is 0.238. The van der Waals surface area contributed by atoms with Crippen molar-refractivity contribution in [2.75, 3.05) is 7.11 Å². The van der Waals surface area contributed by atoms with Gasteiger partial charge in [-0.3, -0.25) is 18.6 Å². The number of nitrogens with zero attached hydrogens (tertiary/aromatic N) is 4. The van der Waals surface area contributed by atoms with Crippen molar-refractivity contribution in [3.05, 3.63) is 64.4 Å². The van der Waals surface area contributed by atoms with Crippen molar-refractivity contribution in [1.29, 1.82) is 0 Å². The SMILES string of the molecule is CCC(Sc1nnc2n(C)c(=O)c3ccccc3n12)C(=O)c1ccc(OC)cc1. The van der Waals surface area contributed by atoms with Crippen LogP contribution in [0.2, 0.25) is 0 Å². The molecule has 2 heterocycles. The fourth-order valence-corrected chi connectivity index (χ4v) is 4.32. The third kappa shape index (κ3) is 3.29. The molecule has 0 amide bonds. The largest absolute Gasteiger partial charge is 0.497 e. The molecular weight excluding hydrogens is 388 g/mol. The van der Waals surface area contributed by atoms with E-state index in [0.717, 1.165) is 5.52 Å². The lowest BCUT2D eigenvalue weighted by Gasteiger charge is -2.13. The van der Waals surface area contributed by atoms with E-state index in [2.05, 4.69) is 10.2 Å². The van der Waals surface area contributed by atoms with E-state index in [1.54, 1.807) is 44.5 Å². The average molecular weight is 408 g/mol. The van der Waals surface area contributed by atoms with E-state index >= 15 is 0 Å². The first-order valence-corrected chi connectivity index (χ1v) is 10.1. The first-order chi connectivity index (χ1) is 14.0. The van der Waals surface area contributed by atoms with Gasteiger partial charge in [0.25, 0.3) is 5.56 Å². The molecule has 1 atom stereocenters. The summed E-state index contributed by atoms with van der Waals surface area (Å²) in [7, 11) is 3.27. The third-order valence-corrected chi connectivity index (χ3v) is 6.19. The number of hydrogen-bond acceptors (Lipinski definition) is 6. The topological polar surface area (TPSA) is 78.5 Å². The lowest BCUT2D eigenvalue weighted by Crippen LogP contribution is -2.20. The Kier molecular flexibility index (Phi) is 5.10. The van der Waals surface area contributed by atoms with E-state index in [4.69, 9.17) is 4.74 Å². The van der Waals surface area contributed by atoms with Gasteiger partial charge in [-0.25, -0.2) is 0 Å². The number of ketones is 1. The van der Waals surface area contributed by atoms with Gasteiger partial charge in [-0.1, -0.05) is 30.8 Å². The Balaban J connectivity index is 1.76. The number of hydrogen-bond donors (Lipinski definition) is 0. The lowest BCUT2D eigenvalue weighted by molar-refractivity contribution is 0.0988. The average Bonchev–Trinajstić information content (AvgIpc) is 3.19. The van der Waals surface area contributed by atoms with Crippen LogP contribution in [-0.4, -0.2) is 37.3 Å². The van der Waals surface area contributed by atoms with E-state index in [1.165, 1.54) is 16.3 Å². The van der Waals surface area contributed by atoms with Gasteiger partial charge in [0, 0.05) is 12.6 Å². The molecule has 0 N–H and O–H groups in total. The predicted molar refractivity (Wildman–Crippen MR) is 113 cm³/mol. The Morgan fingerprint density at radius 2 is 1.86 bits per heavy atom. The molecule has 0 saturated heterocycles. The number of aryl methyl sites for hydroxylation is 1. The highest BCUT2D eigenvalue weighted by Gasteiger charge is 2.24. The predicted octanol–water partition coefficient (Wildman–Crippen LogP) is 3.34. The highest BCUT2D eigenvalue weighted by molar-refractivity contribution is 8.00. The molecule has 0 bridgehead atoms. The van der Waals surface area contributed by atoms with Gasteiger partial charge in [0.1, 0.15) is 5.75 Å². The zero-order chi connectivity index (χ0) is 20.5. The van der Waals surface area contributed by atoms with Crippen molar-refractivity contribution in [3.8, 4) is 5.75 Å². The summed E-state index contributed by atoms with van der Waals surface area (Å²) < 4.78 is 8.48. The number of carbonyl (C=O) groups is 1. The molecule has 8 heteroatoms. The molecule has 4 rings (SSSR count). The molecule has 0 aliphatic heterocycles. The van der Waals surface area contributed by atoms with Crippen LogP contribution in [-0.2, 0) is 7.05 Å². The van der Waals surface area contributed by atoms with Crippen LogP contribution in [0.25, 0.3) is 16.7 Å². The van der Waals surface area contributed by atoms with Crippen molar-refractivity contribution < 1.29 is 9.53 Å². The lowest BCUT2D eigenvalue weighted by atomic mass is 10.1. The van der Waals surface area contributed by atoms with Crippen molar-refractivity contribution in [3.63, 3.8) is 0 Å². The number of fused-ring (bicyclic) bond motifs is 3. The quantitative estimate of drug-likeness (QED) is 0.360. The number of rotatable bonds is 6. The van der Waals surface area contributed by atoms with Crippen molar-refractivity contribution in [2.24, 2.45) is 7.05 Å². The monoisotopic (exact) mass is 408 g/mol. The van der Waals surface area contributed by atoms with Crippen LogP contribution < -0.4 is 10.3 Å². The van der Waals surface area contributed by atoms with Gasteiger partial charge in [-0.05, 0) is 42.8 Å². The number of Topliss-reactive ketones (excluding diaryl/α,β-unsaturated/α-hetero) is 1. The van der Waals surface area contributed by atoms with Gasteiger partial charge in [0.2, 0.25) is 5.78 Å². The van der Waals surface area contributed by atoms with Gasteiger partial charge >= 0.3 is 0 Å². The summed E-state index contributed by atoms with van der Waals surface area (Å²) >= 11 is 1.36. The van der Waals surface area contributed by atoms with E-state index < -0.39 is 0 Å². The number of aromatic nitrogens is 4. The zero-order valence-electron chi connectivity index (χ0n) is 16.3. The first kappa shape index (κ1) is 19.2. The van der Waals surface area contributed by atoms with Crippen LogP contribution in [0.4, 0.5) is 0 Å². The Hall–Kier alpha value is -3.13. The maximum absolute atomic E-state index is 13.0. The maximum atomic E-state index is 13.0. The molecule has 2 aromatic carbocycles. The second-order valence-corrected chi connectivity index (χ2v) is 7.78. The van der Waals surface area contributed by atoms with E-state index in [1.807, 2.05) is 29.5 Å². The summed E-state index contributed by atoms with van der Waals surface area (Å²) in [5.41, 5.74) is 1.22. The summed E-state index contributed by atoms with van der Waals surface area (Å²) in [4.78, 5) is 25.6. The summed E-state index contributed by atoms with van der Waals surface area (Å²) in [6, 6.07) is 14.4. The van der Waals surface area contributed by atoms with Crippen LogP contribution in [0.3, 0.4) is 0 Å². The number of benzene rings is 2. The number of thioether (sulfide) groups is 1. The molecule has 29 heavy (non-hydrogen) atoms. The molecule has 0 radical (unpaired) electrons. The fourth-order valence-electron chi connectivity index (χ4n) is 3.28. The Morgan fingerprint density at radius 1 is 1.14 bits per heavy atom. The van der Waals surface area contributed by atoms with E-state index in [9.17, 15) is 9.59 Å². The molecule has 0 aliphatic rings. The number of methoxy groups -OCH3 is 1. The molecule has 148 valence electrons. The highest BCUT2D eigenvalue weighted by atomic mass is 32.2. The molecule has 7 nitrogen and oxygen atoms in total. The third-order valence-electron chi connectivity index (χ3n) is 4.88. The minimum atomic E-state index is -0.327. The van der Waals surface area contributed by atoms with Gasteiger partial charge in [-0.2, -0.15) is 0 Å². The molecule has 2 aromatic heterocycles. The second kappa shape index (κ2) is 7.71. The second-order valence-electron chi connectivity index (χ2n) is 6.61. The molecular formula is C21H20N4O3S. The zero-order valence-corrected chi connectivity index (χ0v) is 17.1. The van der Waals surface area contributed by atoms with Crippen molar-refractivity contribution in [1.82, 2.24) is 19.2 Å². The van der Waals surface area contributed by atoms with Crippen LogP contribution in [0.15, 0.2) is 58.5 Å². The van der Waals surface area contributed by atoms with E-state index in [0.29, 0.717) is 34.1 Å². The molecule has 4 aromatic rings. The summed E-state index contributed by atoms with van der Waals surface area (Å²) in [5.74, 6) is 1.17.